The predicted octanol–water partition coefficient (Wildman–Crippen LogP) is 2.70. The Morgan fingerprint density at radius 1 is 0.750 bits per heavy atom. The van der Waals surface area contributed by atoms with E-state index < -0.39 is 6.10 Å². The van der Waals surface area contributed by atoms with Crippen LogP contribution in [-0.2, 0) is 0 Å². The molecule has 7 nitrogen and oxygen atoms in total. The Morgan fingerprint density at radius 3 is 1.36 bits per heavy atom. The van der Waals surface area contributed by atoms with Crippen LogP contribution in [0.15, 0.2) is 48.5 Å². The second kappa shape index (κ2) is 12.8. The maximum atomic E-state index is 9.99. The van der Waals surface area contributed by atoms with Crippen LogP contribution >= 0.6 is 24.8 Å². The number of amidine groups is 2. The minimum Gasteiger partial charge on any atom is -0.493 e. The van der Waals surface area contributed by atoms with Gasteiger partial charge in [0, 0.05) is 24.0 Å². The maximum absolute atomic E-state index is 9.99. The van der Waals surface area contributed by atoms with Gasteiger partial charge in [-0.25, -0.2) is 0 Å². The van der Waals surface area contributed by atoms with E-state index in [1.54, 1.807) is 48.5 Å². The number of nitrogens with one attached hydrogen (secondary N) is 2. The molecule has 2 aromatic carbocycles. The lowest BCUT2D eigenvalue weighted by molar-refractivity contribution is 0.113. The molecule has 0 amide bonds. The fourth-order valence-electron chi connectivity index (χ4n) is 2.23. The van der Waals surface area contributed by atoms with Gasteiger partial charge < -0.3 is 26.0 Å². The number of benzene rings is 2. The molecule has 0 saturated carbocycles. The summed E-state index contributed by atoms with van der Waals surface area (Å²) in [4.78, 5) is 0. The third kappa shape index (κ3) is 8.47. The van der Waals surface area contributed by atoms with E-state index in [9.17, 15) is 5.11 Å². The standard InChI is InChI=1S/C19H24N4O3.2ClH/c20-18(21)13-1-5-16(6-2-13)25-11-9-15(24)10-12-26-17-7-3-14(4-8-17)19(22)23;;/h1-8,15,24H,9-12H2,(H3,20,21)(H3,22,23);2*1H. The lowest BCUT2D eigenvalue weighted by Gasteiger charge is -2.13. The minimum absolute atomic E-state index is 0. The summed E-state index contributed by atoms with van der Waals surface area (Å²) in [7, 11) is 0. The molecule has 0 unspecified atom stereocenters. The van der Waals surface area contributed by atoms with Crippen molar-refractivity contribution < 1.29 is 14.6 Å². The van der Waals surface area contributed by atoms with Gasteiger partial charge in [-0.3, -0.25) is 10.8 Å². The van der Waals surface area contributed by atoms with E-state index in [-0.39, 0.29) is 36.5 Å². The molecule has 0 heterocycles. The summed E-state index contributed by atoms with van der Waals surface area (Å²) >= 11 is 0. The summed E-state index contributed by atoms with van der Waals surface area (Å²) in [5.74, 6) is 1.37. The predicted molar refractivity (Wildman–Crippen MR) is 116 cm³/mol. The molecule has 0 aliphatic heterocycles. The molecule has 2 rings (SSSR count). The van der Waals surface area contributed by atoms with Gasteiger partial charge in [-0.05, 0) is 48.5 Å². The van der Waals surface area contributed by atoms with E-state index in [1.807, 2.05) is 0 Å². The Hall–Kier alpha value is -2.48. The number of aliphatic hydroxyl groups excluding tert-OH is 1. The minimum atomic E-state index is -0.525. The first kappa shape index (κ1) is 25.5. The Morgan fingerprint density at radius 2 is 1.07 bits per heavy atom. The van der Waals surface area contributed by atoms with E-state index >= 15 is 0 Å². The van der Waals surface area contributed by atoms with E-state index in [4.69, 9.17) is 31.8 Å². The quantitative estimate of drug-likeness (QED) is 0.292. The first-order valence-corrected chi connectivity index (χ1v) is 8.28. The van der Waals surface area contributed by atoms with Crippen molar-refractivity contribution >= 4 is 36.5 Å². The number of ether oxygens (including phenoxy) is 2. The first-order valence-electron chi connectivity index (χ1n) is 8.28. The van der Waals surface area contributed by atoms with E-state index in [0.29, 0.717) is 48.7 Å². The average Bonchev–Trinajstić information content (AvgIpc) is 2.62. The molecular weight excluding hydrogens is 403 g/mol. The number of halogens is 2. The highest BCUT2D eigenvalue weighted by Gasteiger charge is 2.06. The molecule has 0 atom stereocenters. The molecule has 0 spiro atoms. The fourth-order valence-corrected chi connectivity index (χ4v) is 2.23. The molecule has 0 aromatic heterocycles. The van der Waals surface area contributed by atoms with E-state index in [1.165, 1.54) is 0 Å². The Kier molecular flexibility index (Phi) is 11.7. The van der Waals surface area contributed by atoms with Gasteiger partial charge in [0.05, 0.1) is 19.3 Å². The summed E-state index contributed by atoms with van der Waals surface area (Å²) in [6.45, 7) is 0.766. The molecule has 154 valence electrons. The third-order valence-electron chi connectivity index (χ3n) is 3.77. The number of nitrogen functional groups attached to an aromatic ring is 2. The smallest absolute Gasteiger partial charge is 0.122 e. The summed E-state index contributed by atoms with van der Waals surface area (Å²) in [5, 5.41) is 24.7. The molecule has 0 aliphatic carbocycles. The van der Waals surface area contributed by atoms with Crippen LogP contribution in [0.1, 0.15) is 24.0 Å². The van der Waals surface area contributed by atoms with Crippen LogP contribution in [0.4, 0.5) is 0 Å². The molecule has 0 bridgehead atoms. The van der Waals surface area contributed by atoms with Gasteiger partial charge in [-0.15, -0.1) is 24.8 Å². The highest BCUT2D eigenvalue weighted by atomic mass is 35.5. The second-order valence-electron chi connectivity index (χ2n) is 5.80. The molecule has 0 radical (unpaired) electrons. The Labute approximate surface area is 176 Å². The van der Waals surface area contributed by atoms with Crippen LogP contribution in [-0.4, -0.2) is 36.1 Å². The highest BCUT2D eigenvalue weighted by Crippen LogP contribution is 2.14. The molecule has 9 heteroatoms. The molecular formula is C19H26Cl2N4O3. The number of aliphatic hydroxyl groups is 1. The number of hydrogen-bond donors (Lipinski definition) is 5. The van der Waals surface area contributed by atoms with Crippen molar-refractivity contribution in [3.05, 3.63) is 59.7 Å². The van der Waals surface area contributed by atoms with Crippen LogP contribution in [0.2, 0.25) is 0 Å². The summed E-state index contributed by atoms with van der Waals surface area (Å²) in [6, 6.07) is 13.9. The molecule has 28 heavy (non-hydrogen) atoms. The lowest BCUT2D eigenvalue weighted by atomic mass is 10.2. The number of hydrogen-bond acceptors (Lipinski definition) is 5. The number of rotatable bonds is 10. The zero-order valence-electron chi connectivity index (χ0n) is 15.3. The topological polar surface area (TPSA) is 138 Å². The van der Waals surface area contributed by atoms with Crippen LogP contribution in [0.5, 0.6) is 11.5 Å². The molecule has 0 fully saturated rings. The fraction of sp³-hybridized carbons (Fsp3) is 0.263. The van der Waals surface area contributed by atoms with Gasteiger partial charge in [0.2, 0.25) is 0 Å². The van der Waals surface area contributed by atoms with Gasteiger partial charge in [0.1, 0.15) is 23.2 Å². The van der Waals surface area contributed by atoms with Gasteiger partial charge >= 0.3 is 0 Å². The molecule has 7 N–H and O–H groups in total. The third-order valence-corrected chi connectivity index (χ3v) is 3.77. The Bertz CT molecular complexity index is 676. The highest BCUT2D eigenvalue weighted by molar-refractivity contribution is 5.95. The zero-order valence-corrected chi connectivity index (χ0v) is 16.9. The van der Waals surface area contributed by atoms with Crippen molar-refractivity contribution in [3.63, 3.8) is 0 Å². The number of nitrogens with two attached hydrogens (primary N) is 2. The summed E-state index contributed by atoms with van der Waals surface area (Å²) < 4.78 is 11.1. The molecule has 0 saturated heterocycles. The van der Waals surface area contributed by atoms with Gasteiger partial charge in [-0.1, -0.05) is 0 Å². The van der Waals surface area contributed by atoms with Crippen LogP contribution in [0.3, 0.4) is 0 Å². The van der Waals surface area contributed by atoms with Crippen molar-refractivity contribution in [2.75, 3.05) is 13.2 Å². The van der Waals surface area contributed by atoms with Crippen molar-refractivity contribution in [1.82, 2.24) is 0 Å². The average molecular weight is 429 g/mol. The van der Waals surface area contributed by atoms with Crippen molar-refractivity contribution in [3.8, 4) is 11.5 Å². The Balaban J connectivity index is 0.00000364. The largest absolute Gasteiger partial charge is 0.493 e. The van der Waals surface area contributed by atoms with Gasteiger partial charge in [0.25, 0.3) is 0 Å². The summed E-state index contributed by atoms with van der Waals surface area (Å²) in [5.41, 5.74) is 12.1. The van der Waals surface area contributed by atoms with Crippen LogP contribution in [0.25, 0.3) is 0 Å². The maximum Gasteiger partial charge on any atom is 0.122 e. The zero-order chi connectivity index (χ0) is 18.9. The SMILES string of the molecule is Cl.Cl.N=C(N)c1ccc(OCCC(O)CCOc2ccc(C(=N)N)cc2)cc1. The second-order valence-corrected chi connectivity index (χ2v) is 5.80. The normalized spacial score (nSPS) is 10.8. The van der Waals surface area contributed by atoms with Crippen molar-refractivity contribution in [2.45, 2.75) is 18.9 Å². The first-order chi connectivity index (χ1) is 12.5. The molecule has 0 aliphatic rings. The van der Waals surface area contributed by atoms with Crippen molar-refractivity contribution in [1.29, 1.82) is 10.8 Å². The molecule has 2 aromatic rings. The van der Waals surface area contributed by atoms with Crippen LogP contribution < -0.4 is 20.9 Å². The van der Waals surface area contributed by atoms with E-state index in [2.05, 4.69) is 0 Å². The van der Waals surface area contributed by atoms with Crippen LogP contribution in [0, 0.1) is 10.8 Å². The van der Waals surface area contributed by atoms with Crippen molar-refractivity contribution in [2.24, 2.45) is 11.5 Å². The monoisotopic (exact) mass is 428 g/mol. The van der Waals surface area contributed by atoms with E-state index in [0.717, 1.165) is 0 Å². The van der Waals surface area contributed by atoms with Gasteiger partial charge in [0.15, 0.2) is 0 Å². The summed E-state index contributed by atoms with van der Waals surface area (Å²) in [6.07, 6.45) is 0.449. The van der Waals surface area contributed by atoms with Gasteiger partial charge in [-0.2, -0.15) is 0 Å². The lowest BCUT2D eigenvalue weighted by Crippen LogP contribution is -2.16.